The lowest BCUT2D eigenvalue weighted by Gasteiger charge is -2.07. The number of esters is 1. The number of amides is 1. The highest BCUT2D eigenvalue weighted by Gasteiger charge is 2.28. The second kappa shape index (κ2) is 7.35. The van der Waals surface area contributed by atoms with Gasteiger partial charge in [-0.25, -0.2) is 4.79 Å². The number of aromatic nitrogens is 1. The standard InChI is InChI=1S/C22H18N2O5/c1-12-16-10-15(8-9-17(16)23-21(12)26)18(25)11-28-22(27)19-13(2)29-24-20(19)14-6-4-3-5-7-14/h3-10,12H,11H2,1-2H3,(H,23,26)/t12-/m0/s1. The fraction of sp³-hybridized carbons (Fsp3) is 0.182. The summed E-state index contributed by atoms with van der Waals surface area (Å²) in [7, 11) is 0. The molecule has 146 valence electrons. The summed E-state index contributed by atoms with van der Waals surface area (Å²) >= 11 is 0. The van der Waals surface area contributed by atoms with E-state index in [1.165, 1.54) is 0 Å². The third-order valence-corrected chi connectivity index (χ3v) is 4.94. The van der Waals surface area contributed by atoms with Crippen molar-refractivity contribution in [3.63, 3.8) is 0 Å². The van der Waals surface area contributed by atoms with Crippen LogP contribution in [0.4, 0.5) is 5.69 Å². The fourth-order valence-electron chi connectivity index (χ4n) is 3.28. The molecule has 0 radical (unpaired) electrons. The number of rotatable bonds is 5. The molecule has 7 heteroatoms. The molecule has 2 aromatic carbocycles. The summed E-state index contributed by atoms with van der Waals surface area (Å²) in [6.07, 6.45) is 0. The van der Waals surface area contributed by atoms with E-state index in [0.717, 1.165) is 5.56 Å². The molecule has 4 rings (SSSR count). The van der Waals surface area contributed by atoms with Crippen molar-refractivity contribution in [2.45, 2.75) is 19.8 Å². The fourth-order valence-corrected chi connectivity index (χ4v) is 3.28. The second-order valence-electron chi connectivity index (χ2n) is 6.84. The first kappa shape index (κ1) is 18.6. The van der Waals surface area contributed by atoms with Crippen molar-refractivity contribution in [3.8, 4) is 11.3 Å². The number of ketones is 1. The number of anilines is 1. The lowest BCUT2D eigenvalue weighted by molar-refractivity contribution is -0.116. The SMILES string of the molecule is Cc1onc(-c2ccccc2)c1C(=O)OCC(=O)c1ccc2c(c1)[C@H](C)C(=O)N2. The van der Waals surface area contributed by atoms with Gasteiger partial charge in [0.15, 0.2) is 12.4 Å². The minimum absolute atomic E-state index is 0.104. The Morgan fingerprint density at radius 1 is 1.17 bits per heavy atom. The highest BCUT2D eigenvalue weighted by Crippen LogP contribution is 2.33. The molecule has 7 nitrogen and oxygen atoms in total. The summed E-state index contributed by atoms with van der Waals surface area (Å²) in [4.78, 5) is 36.9. The van der Waals surface area contributed by atoms with E-state index >= 15 is 0 Å². The molecule has 1 aromatic heterocycles. The van der Waals surface area contributed by atoms with Crippen LogP contribution in [0.5, 0.6) is 0 Å². The molecule has 1 amide bonds. The number of Topliss-reactive ketones (excluding diaryl/α,β-unsaturated/α-hetero) is 1. The maximum Gasteiger partial charge on any atom is 0.344 e. The van der Waals surface area contributed by atoms with E-state index in [1.807, 2.05) is 18.2 Å². The van der Waals surface area contributed by atoms with Crippen LogP contribution in [0.1, 0.15) is 44.9 Å². The molecule has 1 aliphatic rings. The van der Waals surface area contributed by atoms with Crippen LogP contribution in [0.3, 0.4) is 0 Å². The van der Waals surface area contributed by atoms with Gasteiger partial charge in [0.2, 0.25) is 5.91 Å². The molecular weight excluding hydrogens is 372 g/mol. The molecule has 2 heterocycles. The predicted octanol–water partition coefficient (Wildman–Crippen LogP) is 3.75. The summed E-state index contributed by atoms with van der Waals surface area (Å²) in [5, 5.41) is 6.70. The van der Waals surface area contributed by atoms with E-state index in [1.54, 1.807) is 44.2 Å². The zero-order valence-electron chi connectivity index (χ0n) is 15.9. The average molecular weight is 390 g/mol. The number of ether oxygens (including phenoxy) is 1. The molecule has 0 saturated heterocycles. The Kier molecular flexibility index (Phi) is 4.72. The summed E-state index contributed by atoms with van der Waals surface area (Å²) in [6.45, 7) is 2.96. The van der Waals surface area contributed by atoms with E-state index in [2.05, 4.69) is 10.5 Å². The van der Waals surface area contributed by atoms with Gasteiger partial charge in [0.05, 0.1) is 5.92 Å². The number of nitrogens with one attached hydrogen (secondary N) is 1. The molecule has 1 aliphatic heterocycles. The maximum absolute atomic E-state index is 12.6. The van der Waals surface area contributed by atoms with Crippen molar-refractivity contribution in [1.82, 2.24) is 5.16 Å². The number of aryl methyl sites for hydroxylation is 1. The summed E-state index contributed by atoms with van der Waals surface area (Å²) in [6, 6.07) is 14.1. The van der Waals surface area contributed by atoms with Crippen LogP contribution in [0.2, 0.25) is 0 Å². The molecule has 1 atom stereocenters. The Morgan fingerprint density at radius 2 is 1.93 bits per heavy atom. The maximum atomic E-state index is 12.6. The number of fused-ring (bicyclic) bond motifs is 1. The molecule has 0 aliphatic carbocycles. The van der Waals surface area contributed by atoms with Crippen LogP contribution in [0, 0.1) is 6.92 Å². The molecule has 0 fully saturated rings. The Balaban J connectivity index is 1.50. The molecule has 0 unspecified atom stereocenters. The Morgan fingerprint density at radius 3 is 2.69 bits per heavy atom. The summed E-state index contributed by atoms with van der Waals surface area (Å²) < 4.78 is 10.4. The van der Waals surface area contributed by atoms with Crippen LogP contribution in [0.15, 0.2) is 53.1 Å². The van der Waals surface area contributed by atoms with Crippen molar-refractivity contribution in [1.29, 1.82) is 0 Å². The summed E-state index contributed by atoms with van der Waals surface area (Å²) in [5.74, 6) is -1.15. The number of hydrogen-bond acceptors (Lipinski definition) is 6. The van der Waals surface area contributed by atoms with Gasteiger partial charge in [-0.15, -0.1) is 0 Å². The molecule has 0 bridgehead atoms. The third kappa shape index (κ3) is 3.42. The monoisotopic (exact) mass is 390 g/mol. The van der Waals surface area contributed by atoms with E-state index in [4.69, 9.17) is 9.26 Å². The normalized spacial score (nSPS) is 15.0. The topological polar surface area (TPSA) is 98.5 Å². The van der Waals surface area contributed by atoms with Crippen molar-refractivity contribution in [2.24, 2.45) is 0 Å². The smallest absolute Gasteiger partial charge is 0.344 e. The Labute approximate surface area is 166 Å². The number of nitrogens with zero attached hydrogens (tertiary/aromatic N) is 1. The van der Waals surface area contributed by atoms with Crippen molar-refractivity contribution in [2.75, 3.05) is 11.9 Å². The van der Waals surface area contributed by atoms with Crippen molar-refractivity contribution in [3.05, 3.63) is 71.0 Å². The van der Waals surface area contributed by atoms with Gasteiger partial charge in [-0.3, -0.25) is 9.59 Å². The first-order valence-corrected chi connectivity index (χ1v) is 9.12. The molecular formula is C22H18N2O5. The van der Waals surface area contributed by atoms with Crippen LogP contribution in [-0.2, 0) is 9.53 Å². The second-order valence-corrected chi connectivity index (χ2v) is 6.84. The minimum atomic E-state index is -0.678. The molecule has 0 saturated carbocycles. The average Bonchev–Trinajstić information content (AvgIpc) is 3.26. The van der Waals surface area contributed by atoms with Crippen LogP contribution in [-0.4, -0.2) is 29.4 Å². The van der Waals surface area contributed by atoms with E-state index in [0.29, 0.717) is 28.3 Å². The van der Waals surface area contributed by atoms with Gasteiger partial charge in [-0.05, 0) is 37.6 Å². The molecule has 3 aromatic rings. The lowest BCUT2D eigenvalue weighted by Crippen LogP contribution is -2.15. The van der Waals surface area contributed by atoms with E-state index in [-0.39, 0.29) is 23.2 Å². The largest absolute Gasteiger partial charge is 0.454 e. The van der Waals surface area contributed by atoms with Gasteiger partial charge < -0.3 is 14.6 Å². The van der Waals surface area contributed by atoms with Gasteiger partial charge in [0, 0.05) is 16.8 Å². The number of hydrogen-bond donors (Lipinski definition) is 1. The Hall–Kier alpha value is -3.74. The molecule has 0 spiro atoms. The molecule has 1 N–H and O–H groups in total. The zero-order valence-corrected chi connectivity index (χ0v) is 15.9. The number of carbonyl (C=O) groups excluding carboxylic acids is 3. The number of carbonyl (C=O) groups is 3. The van der Waals surface area contributed by atoms with Gasteiger partial charge in [-0.2, -0.15) is 0 Å². The van der Waals surface area contributed by atoms with Gasteiger partial charge in [0.25, 0.3) is 0 Å². The van der Waals surface area contributed by atoms with Crippen molar-refractivity contribution >= 4 is 23.3 Å². The lowest BCUT2D eigenvalue weighted by atomic mass is 9.99. The van der Waals surface area contributed by atoms with Crippen molar-refractivity contribution < 1.29 is 23.6 Å². The predicted molar refractivity (Wildman–Crippen MR) is 105 cm³/mol. The number of benzene rings is 2. The highest BCUT2D eigenvalue weighted by atomic mass is 16.5. The summed E-state index contributed by atoms with van der Waals surface area (Å²) in [5.41, 5.74) is 3.12. The molecule has 29 heavy (non-hydrogen) atoms. The first-order chi connectivity index (χ1) is 14.0. The minimum Gasteiger partial charge on any atom is -0.454 e. The van der Waals surface area contributed by atoms with Crippen LogP contribution < -0.4 is 5.32 Å². The van der Waals surface area contributed by atoms with Gasteiger partial charge >= 0.3 is 5.97 Å². The highest BCUT2D eigenvalue weighted by molar-refractivity contribution is 6.05. The van der Waals surface area contributed by atoms with Gasteiger partial charge in [0.1, 0.15) is 17.0 Å². The van der Waals surface area contributed by atoms with E-state index < -0.39 is 12.6 Å². The third-order valence-electron chi connectivity index (χ3n) is 4.94. The first-order valence-electron chi connectivity index (χ1n) is 9.12. The van der Waals surface area contributed by atoms with Crippen LogP contribution in [0.25, 0.3) is 11.3 Å². The van der Waals surface area contributed by atoms with E-state index in [9.17, 15) is 14.4 Å². The quantitative estimate of drug-likeness (QED) is 0.526. The van der Waals surface area contributed by atoms with Crippen LogP contribution >= 0.6 is 0 Å². The Bertz CT molecular complexity index is 1120. The zero-order chi connectivity index (χ0) is 20.5. The van der Waals surface area contributed by atoms with Gasteiger partial charge in [-0.1, -0.05) is 35.5 Å².